The van der Waals surface area contributed by atoms with Gasteiger partial charge < -0.3 is 10.1 Å². The average Bonchev–Trinajstić information content (AvgIpc) is 2.51. The van der Waals surface area contributed by atoms with E-state index in [1.807, 2.05) is 6.07 Å². The predicted octanol–water partition coefficient (Wildman–Crippen LogP) is 4.95. The lowest BCUT2D eigenvalue weighted by Crippen LogP contribution is -2.33. The topological polar surface area (TPSA) is 21.3 Å². The summed E-state index contributed by atoms with van der Waals surface area (Å²) in [7, 11) is 1.73. The highest BCUT2D eigenvalue weighted by molar-refractivity contribution is 9.10. The molecule has 1 fully saturated rings. The van der Waals surface area contributed by atoms with Crippen molar-refractivity contribution in [2.24, 2.45) is 5.92 Å². The Morgan fingerprint density at radius 1 is 1.29 bits per heavy atom. The summed E-state index contributed by atoms with van der Waals surface area (Å²) in [5.41, 5.74) is 1.34. The van der Waals surface area contributed by atoms with Gasteiger partial charge in [0.25, 0.3) is 0 Å². The van der Waals surface area contributed by atoms with Crippen LogP contribution in [0.25, 0.3) is 0 Å². The number of rotatable bonds is 7. The molecule has 1 unspecified atom stereocenters. The summed E-state index contributed by atoms with van der Waals surface area (Å²) >= 11 is 3.68. The Balaban J connectivity index is 2.00. The van der Waals surface area contributed by atoms with E-state index in [0.717, 1.165) is 24.6 Å². The number of ether oxygens (including phenoxy) is 1. The zero-order chi connectivity index (χ0) is 15.1. The molecule has 0 bridgehead atoms. The number of benzene rings is 1. The van der Waals surface area contributed by atoms with E-state index in [9.17, 15) is 0 Å². The zero-order valence-corrected chi connectivity index (χ0v) is 14.9. The van der Waals surface area contributed by atoms with Crippen LogP contribution < -0.4 is 10.1 Å². The molecular formula is C18H28BrNO. The molecule has 0 radical (unpaired) electrons. The lowest BCUT2D eigenvalue weighted by atomic mass is 9.83. The maximum absolute atomic E-state index is 5.36. The fourth-order valence-corrected chi connectivity index (χ4v) is 3.86. The van der Waals surface area contributed by atoms with Gasteiger partial charge in [-0.05, 0) is 49.1 Å². The van der Waals surface area contributed by atoms with E-state index in [-0.39, 0.29) is 0 Å². The van der Waals surface area contributed by atoms with Crippen LogP contribution in [0.15, 0.2) is 22.7 Å². The molecule has 1 aliphatic carbocycles. The minimum absolute atomic E-state index is 0.571. The number of hydrogen-bond acceptors (Lipinski definition) is 2. The van der Waals surface area contributed by atoms with Gasteiger partial charge in [0.1, 0.15) is 5.75 Å². The summed E-state index contributed by atoms with van der Waals surface area (Å²) < 4.78 is 6.55. The van der Waals surface area contributed by atoms with Crippen molar-refractivity contribution < 1.29 is 4.74 Å². The summed E-state index contributed by atoms with van der Waals surface area (Å²) in [5, 5.41) is 3.68. The summed E-state index contributed by atoms with van der Waals surface area (Å²) in [5.74, 6) is 1.85. The minimum atomic E-state index is 0.571. The third-order valence-electron chi connectivity index (χ3n) is 4.55. The molecule has 1 saturated carbocycles. The van der Waals surface area contributed by atoms with E-state index >= 15 is 0 Å². The molecule has 0 aliphatic heterocycles. The van der Waals surface area contributed by atoms with Crippen LogP contribution >= 0.6 is 15.9 Å². The fourth-order valence-electron chi connectivity index (χ4n) is 3.45. The van der Waals surface area contributed by atoms with E-state index in [1.165, 1.54) is 48.6 Å². The number of methoxy groups -OCH3 is 1. The van der Waals surface area contributed by atoms with Gasteiger partial charge in [0, 0.05) is 10.5 Å². The van der Waals surface area contributed by atoms with Crippen LogP contribution in [0.1, 0.15) is 51.0 Å². The van der Waals surface area contributed by atoms with Crippen LogP contribution in [0, 0.1) is 5.92 Å². The van der Waals surface area contributed by atoms with Gasteiger partial charge in [-0.3, -0.25) is 0 Å². The number of likely N-dealkylation sites (N-methyl/N-ethyl adjacent to an activating group) is 1. The second kappa shape index (κ2) is 8.79. The van der Waals surface area contributed by atoms with Crippen molar-refractivity contribution in [2.45, 2.75) is 57.9 Å². The largest absolute Gasteiger partial charge is 0.497 e. The van der Waals surface area contributed by atoms with Crippen molar-refractivity contribution >= 4 is 15.9 Å². The Bertz CT molecular complexity index is 429. The molecule has 3 heteroatoms. The van der Waals surface area contributed by atoms with Gasteiger partial charge in [-0.2, -0.15) is 0 Å². The van der Waals surface area contributed by atoms with Crippen molar-refractivity contribution in [3.8, 4) is 5.75 Å². The predicted molar refractivity (Wildman–Crippen MR) is 93.1 cm³/mol. The van der Waals surface area contributed by atoms with Crippen LogP contribution in [-0.2, 0) is 6.42 Å². The van der Waals surface area contributed by atoms with Gasteiger partial charge in [0.05, 0.1) is 7.11 Å². The number of nitrogens with one attached hydrogen (secondary N) is 1. The fraction of sp³-hybridized carbons (Fsp3) is 0.667. The van der Waals surface area contributed by atoms with Crippen molar-refractivity contribution in [2.75, 3.05) is 13.7 Å². The maximum Gasteiger partial charge on any atom is 0.119 e. The second-order valence-corrected chi connectivity index (χ2v) is 7.01. The molecule has 2 nitrogen and oxygen atoms in total. The molecule has 0 amide bonds. The molecule has 0 spiro atoms. The van der Waals surface area contributed by atoms with Gasteiger partial charge in [0.15, 0.2) is 0 Å². The van der Waals surface area contributed by atoms with Crippen LogP contribution in [0.5, 0.6) is 5.75 Å². The van der Waals surface area contributed by atoms with E-state index in [1.54, 1.807) is 7.11 Å². The smallest absolute Gasteiger partial charge is 0.119 e. The Labute approximate surface area is 137 Å². The molecule has 1 aliphatic rings. The highest BCUT2D eigenvalue weighted by atomic mass is 79.9. The van der Waals surface area contributed by atoms with E-state index in [4.69, 9.17) is 4.74 Å². The zero-order valence-electron chi connectivity index (χ0n) is 13.3. The SMILES string of the molecule is CCNC(Cc1cc(OC)ccc1Br)CC1CCCCC1. The molecule has 1 aromatic rings. The van der Waals surface area contributed by atoms with E-state index in [2.05, 4.69) is 40.3 Å². The first-order valence-corrected chi connectivity index (χ1v) is 9.08. The molecule has 0 aromatic heterocycles. The third-order valence-corrected chi connectivity index (χ3v) is 5.33. The van der Waals surface area contributed by atoms with Crippen LogP contribution in [0.4, 0.5) is 0 Å². The number of halogens is 1. The quantitative estimate of drug-likeness (QED) is 0.748. The van der Waals surface area contributed by atoms with Gasteiger partial charge in [-0.25, -0.2) is 0 Å². The molecule has 118 valence electrons. The Kier molecular flexibility index (Phi) is 7.05. The van der Waals surface area contributed by atoms with Gasteiger partial charge in [-0.15, -0.1) is 0 Å². The van der Waals surface area contributed by atoms with Crippen LogP contribution in [-0.4, -0.2) is 19.7 Å². The molecule has 0 heterocycles. The standard InChI is InChI=1S/C18H28BrNO/c1-3-20-16(11-14-7-5-4-6-8-14)12-15-13-17(21-2)9-10-18(15)19/h9-10,13-14,16,20H,3-8,11-12H2,1-2H3. The van der Waals surface area contributed by atoms with Gasteiger partial charge in [-0.1, -0.05) is 55.0 Å². The molecule has 1 aromatic carbocycles. The summed E-state index contributed by atoms with van der Waals surface area (Å²) in [6.07, 6.45) is 9.49. The highest BCUT2D eigenvalue weighted by Gasteiger charge is 2.19. The first kappa shape index (κ1) is 16.8. The van der Waals surface area contributed by atoms with E-state index in [0.29, 0.717) is 6.04 Å². The maximum atomic E-state index is 5.36. The van der Waals surface area contributed by atoms with Gasteiger partial charge in [0.2, 0.25) is 0 Å². The monoisotopic (exact) mass is 353 g/mol. The molecule has 1 atom stereocenters. The molecular weight excluding hydrogens is 326 g/mol. The molecule has 1 N–H and O–H groups in total. The summed E-state index contributed by atoms with van der Waals surface area (Å²) in [4.78, 5) is 0. The van der Waals surface area contributed by atoms with Crippen molar-refractivity contribution in [1.29, 1.82) is 0 Å². The van der Waals surface area contributed by atoms with E-state index < -0.39 is 0 Å². The van der Waals surface area contributed by atoms with Crippen LogP contribution in [0.2, 0.25) is 0 Å². The number of hydrogen-bond donors (Lipinski definition) is 1. The molecule has 0 saturated heterocycles. The third kappa shape index (κ3) is 5.30. The molecule has 21 heavy (non-hydrogen) atoms. The van der Waals surface area contributed by atoms with Gasteiger partial charge >= 0.3 is 0 Å². The lowest BCUT2D eigenvalue weighted by molar-refractivity contribution is 0.298. The Morgan fingerprint density at radius 3 is 2.71 bits per heavy atom. The Morgan fingerprint density at radius 2 is 2.05 bits per heavy atom. The normalized spacial score (nSPS) is 17.7. The first-order chi connectivity index (χ1) is 10.2. The Hall–Kier alpha value is -0.540. The second-order valence-electron chi connectivity index (χ2n) is 6.16. The molecule has 2 rings (SSSR count). The summed E-state index contributed by atoms with van der Waals surface area (Å²) in [6.45, 7) is 3.24. The summed E-state index contributed by atoms with van der Waals surface area (Å²) in [6, 6.07) is 6.84. The lowest BCUT2D eigenvalue weighted by Gasteiger charge is -2.27. The average molecular weight is 354 g/mol. The van der Waals surface area contributed by atoms with Crippen molar-refractivity contribution in [1.82, 2.24) is 5.32 Å². The highest BCUT2D eigenvalue weighted by Crippen LogP contribution is 2.29. The first-order valence-electron chi connectivity index (χ1n) is 8.28. The van der Waals surface area contributed by atoms with Crippen molar-refractivity contribution in [3.63, 3.8) is 0 Å². The van der Waals surface area contributed by atoms with Crippen molar-refractivity contribution in [3.05, 3.63) is 28.2 Å². The minimum Gasteiger partial charge on any atom is -0.497 e. The van der Waals surface area contributed by atoms with Crippen LogP contribution in [0.3, 0.4) is 0 Å².